The number of carbonyl (C=O) groups excluding carboxylic acids is 1. The van der Waals surface area contributed by atoms with Crippen LogP contribution in [-0.4, -0.2) is 18.4 Å². The Morgan fingerprint density at radius 2 is 2.15 bits per heavy atom. The lowest BCUT2D eigenvalue weighted by Crippen LogP contribution is -2.35. The molecular weight excluding hydrogens is 162 g/mol. The smallest absolute Gasteiger partial charge is 0.143 e. The summed E-state index contributed by atoms with van der Waals surface area (Å²) >= 11 is 0. The summed E-state index contributed by atoms with van der Waals surface area (Å²) in [5.74, 6) is 0.810. The van der Waals surface area contributed by atoms with E-state index in [9.17, 15) is 4.79 Å². The Morgan fingerprint density at radius 1 is 1.38 bits per heavy atom. The second-order valence-corrected chi connectivity index (χ2v) is 5.10. The predicted octanol–water partition coefficient (Wildman–Crippen LogP) is 1.74. The highest BCUT2D eigenvalue weighted by Gasteiger charge is 2.44. The first-order valence-electron chi connectivity index (χ1n) is 5.39. The molecule has 1 aliphatic carbocycles. The van der Waals surface area contributed by atoms with Crippen molar-refractivity contribution in [2.45, 2.75) is 45.6 Å². The maximum absolute atomic E-state index is 12.0. The first kappa shape index (κ1) is 9.20. The van der Waals surface area contributed by atoms with Crippen LogP contribution in [0, 0.1) is 11.3 Å². The first-order chi connectivity index (χ1) is 6.11. The summed E-state index contributed by atoms with van der Waals surface area (Å²) in [4.78, 5) is 12.0. The molecule has 2 heteroatoms. The lowest BCUT2D eigenvalue weighted by Gasteiger charge is -2.20. The number of Topliss-reactive ketones (excluding diaryl/α,β-unsaturated/α-hetero) is 1. The highest BCUT2D eigenvalue weighted by atomic mass is 16.1. The van der Waals surface area contributed by atoms with Crippen LogP contribution >= 0.6 is 0 Å². The van der Waals surface area contributed by atoms with Gasteiger partial charge in [-0.15, -0.1) is 0 Å². The molecule has 0 radical (unpaired) electrons. The number of ketones is 1. The second kappa shape index (κ2) is 3.09. The third-order valence-corrected chi connectivity index (χ3v) is 3.67. The molecule has 74 valence electrons. The lowest BCUT2D eigenvalue weighted by atomic mass is 9.86. The fourth-order valence-corrected chi connectivity index (χ4v) is 2.71. The summed E-state index contributed by atoms with van der Waals surface area (Å²) in [6, 6.07) is 0.495. The van der Waals surface area contributed by atoms with Crippen LogP contribution in [0.25, 0.3) is 0 Å². The molecule has 1 saturated carbocycles. The predicted molar refractivity (Wildman–Crippen MR) is 52.5 cm³/mol. The minimum atomic E-state index is -0.0467. The fourth-order valence-electron chi connectivity index (χ4n) is 2.71. The van der Waals surface area contributed by atoms with Crippen molar-refractivity contribution in [1.82, 2.24) is 5.32 Å². The highest BCUT2D eigenvalue weighted by Crippen LogP contribution is 2.40. The third-order valence-electron chi connectivity index (χ3n) is 3.67. The van der Waals surface area contributed by atoms with Gasteiger partial charge in [0, 0.05) is 17.4 Å². The van der Waals surface area contributed by atoms with E-state index in [2.05, 4.69) is 19.2 Å². The SMILES string of the molecule is CC1(C)CCC(C2CCCN2)C1=O. The normalized spacial score (nSPS) is 38.5. The summed E-state index contributed by atoms with van der Waals surface area (Å²) in [5.41, 5.74) is -0.0467. The van der Waals surface area contributed by atoms with Crippen LogP contribution in [-0.2, 0) is 4.79 Å². The summed E-state index contributed by atoms with van der Waals surface area (Å²) in [5, 5.41) is 3.45. The summed E-state index contributed by atoms with van der Waals surface area (Å²) in [6.07, 6.45) is 4.62. The van der Waals surface area contributed by atoms with Gasteiger partial charge in [-0.1, -0.05) is 13.8 Å². The molecule has 0 aromatic carbocycles. The summed E-state index contributed by atoms with van der Waals surface area (Å²) < 4.78 is 0. The molecular formula is C11H19NO. The van der Waals surface area contributed by atoms with Crippen molar-refractivity contribution in [2.24, 2.45) is 11.3 Å². The van der Waals surface area contributed by atoms with Crippen LogP contribution < -0.4 is 5.32 Å². The summed E-state index contributed by atoms with van der Waals surface area (Å²) in [7, 11) is 0. The van der Waals surface area contributed by atoms with Gasteiger partial charge in [0.25, 0.3) is 0 Å². The quantitative estimate of drug-likeness (QED) is 0.667. The van der Waals surface area contributed by atoms with E-state index in [0.29, 0.717) is 17.7 Å². The Morgan fingerprint density at radius 3 is 2.62 bits per heavy atom. The Bertz CT molecular complexity index is 216. The standard InChI is InChI=1S/C11H19NO/c1-11(2)6-5-8(10(11)13)9-4-3-7-12-9/h8-9,12H,3-7H2,1-2H3. The molecule has 1 aliphatic heterocycles. The number of hydrogen-bond donors (Lipinski definition) is 1. The van der Waals surface area contributed by atoms with E-state index in [4.69, 9.17) is 0 Å². The maximum Gasteiger partial charge on any atom is 0.143 e. The highest BCUT2D eigenvalue weighted by molar-refractivity contribution is 5.89. The van der Waals surface area contributed by atoms with Gasteiger partial charge in [-0.05, 0) is 32.2 Å². The second-order valence-electron chi connectivity index (χ2n) is 5.10. The average molecular weight is 181 g/mol. The molecule has 0 aromatic heterocycles. The van der Waals surface area contributed by atoms with Gasteiger partial charge in [0.05, 0.1) is 0 Å². The molecule has 0 aromatic rings. The zero-order valence-corrected chi connectivity index (χ0v) is 8.60. The largest absolute Gasteiger partial charge is 0.313 e. The van der Waals surface area contributed by atoms with Crippen molar-refractivity contribution >= 4 is 5.78 Å². The Kier molecular flexibility index (Phi) is 2.18. The molecule has 1 N–H and O–H groups in total. The molecule has 2 nitrogen and oxygen atoms in total. The van der Waals surface area contributed by atoms with Crippen LogP contribution in [0.3, 0.4) is 0 Å². The van der Waals surface area contributed by atoms with Crippen LogP contribution in [0.15, 0.2) is 0 Å². The minimum absolute atomic E-state index is 0.0467. The molecule has 2 fully saturated rings. The van der Waals surface area contributed by atoms with Gasteiger partial charge in [-0.25, -0.2) is 0 Å². The van der Waals surface area contributed by atoms with E-state index < -0.39 is 0 Å². The third kappa shape index (κ3) is 1.52. The minimum Gasteiger partial charge on any atom is -0.313 e. The molecule has 0 spiro atoms. The fraction of sp³-hybridized carbons (Fsp3) is 0.909. The van der Waals surface area contributed by atoms with Gasteiger partial charge in [0.15, 0.2) is 0 Å². The Hall–Kier alpha value is -0.370. The van der Waals surface area contributed by atoms with Crippen molar-refractivity contribution in [3.05, 3.63) is 0 Å². The van der Waals surface area contributed by atoms with Crippen molar-refractivity contribution in [3.8, 4) is 0 Å². The van der Waals surface area contributed by atoms with E-state index >= 15 is 0 Å². The number of hydrogen-bond acceptors (Lipinski definition) is 2. The van der Waals surface area contributed by atoms with Crippen molar-refractivity contribution in [2.75, 3.05) is 6.54 Å². The number of carbonyl (C=O) groups is 1. The Labute approximate surface area is 80.1 Å². The van der Waals surface area contributed by atoms with Crippen LogP contribution in [0.4, 0.5) is 0 Å². The molecule has 1 heterocycles. The van der Waals surface area contributed by atoms with E-state index in [-0.39, 0.29) is 5.41 Å². The van der Waals surface area contributed by atoms with E-state index in [1.165, 1.54) is 12.8 Å². The molecule has 2 rings (SSSR count). The van der Waals surface area contributed by atoms with E-state index in [0.717, 1.165) is 19.4 Å². The molecule has 13 heavy (non-hydrogen) atoms. The van der Waals surface area contributed by atoms with Gasteiger partial charge in [0.2, 0.25) is 0 Å². The maximum atomic E-state index is 12.0. The van der Waals surface area contributed by atoms with Gasteiger partial charge < -0.3 is 5.32 Å². The van der Waals surface area contributed by atoms with Crippen LogP contribution in [0.1, 0.15) is 39.5 Å². The molecule has 1 saturated heterocycles. The first-order valence-corrected chi connectivity index (χ1v) is 5.39. The average Bonchev–Trinajstić information content (AvgIpc) is 2.63. The van der Waals surface area contributed by atoms with Crippen molar-refractivity contribution in [3.63, 3.8) is 0 Å². The Balaban J connectivity index is 2.06. The molecule has 2 unspecified atom stereocenters. The monoisotopic (exact) mass is 181 g/mol. The van der Waals surface area contributed by atoms with E-state index in [1.807, 2.05) is 0 Å². The molecule has 0 amide bonds. The van der Waals surface area contributed by atoms with Gasteiger partial charge >= 0.3 is 0 Å². The zero-order chi connectivity index (χ0) is 9.47. The summed E-state index contributed by atoms with van der Waals surface area (Å²) in [6.45, 7) is 5.28. The van der Waals surface area contributed by atoms with Gasteiger partial charge in [0.1, 0.15) is 5.78 Å². The number of nitrogens with one attached hydrogen (secondary N) is 1. The van der Waals surface area contributed by atoms with Crippen molar-refractivity contribution in [1.29, 1.82) is 0 Å². The molecule has 2 atom stereocenters. The van der Waals surface area contributed by atoms with E-state index in [1.54, 1.807) is 0 Å². The van der Waals surface area contributed by atoms with Gasteiger partial charge in [-0.2, -0.15) is 0 Å². The van der Waals surface area contributed by atoms with Crippen LogP contribution in [0.2, 0.25) is 0 Å². The zero-order valence-electron chi connectivity index (χ0n) is 8.60. The molecule has 0 bridgehead atoms. The van der Waals surface area contributed by atoms with Crippen molar-refractivity contribution < 1.29 is 4.79 Å². The number of rotatable bonds is 1. The van der Waals surface area contributed by atoms with Gasteiger partial charge in [-0.3, -0.25) is 4.79 Å². The lowest BCUT2D eigenvalue weighted by molar-refractivity contribution is -0.128. The van der Waals surface area contributed by atoms with Crippen LogP contribution in [0.5, 0.6) is 0 Å². The molecule has 2 aliphatic rings. The topological polar surface area (TPSA) is 29.1 Å².